The summed E-state index contributed by atoms with van der Waals surface area (Å²) in [6.07, 6.45) is 7.22. The van der Waals surface area contributed by atoms with E-state index in [4.69, 9.17) is 5.73 Å². The summed E-state index contributed by atoms with van der Waals surface area (Å²) in [5.74, 6) is 0.274. The molecule has 0 saturated heterocycles. The molecule has 0 aliphatic heterocycles. The van der Waals surface area contributed by atoms with Crippen LogP contribution in [0.3, 0.4) is 0 Å². The Bertz CT molecular complexity index is 663. The van der Waals surface area contributed by atoms with E-state index in [-0.39, 0.29) is 18.3 Å². The van der Waals surface area contributed by atoms with Gasteiger partial charge in [0.1, 0.15) is 0 Å². The van der Waals surface area contributed by atoms with Gasteiger partial charge in [0.05, 0.1) is 4.90 Å². The van der Waals surface area contributed by atoms with Crippen LogP contribution in [-0.4, -0.2) is 20.5 Å². The van der Waals surface area contributed by atoms with E-state index in [0.717, 1.165) is 44.9 Å². The number of fused-ring (bicyclic) bond motifs is 1. The Labute approximate surface area is 145 Å². The first kappa shape index (κ1) is 18.7. The van der Waals surface area contributed by atoms with Crippen molar-refractivity contribution in [2.24, 2.45) is 11.7 Å². The molecule has 1 fully saturated rings. The Balaban J connectivity index is 0.00000192. The second kappa shape index (κ2) is 7.09. The molecule has 1 aromatic rings. The third-order valence-electron chi connectivity index (χ3n) is 5.54. The maximum atomic E-state index is 12.8. The lowest BCUT2D eigenvalue weighted by molar-refractivity contribution is 0.191. The number of nitrogens with one attached hydrogen (secondary N) is 1. The topological polar surface area (TPSA) is 72.2 Å². The van der Waals surface area contributed by atoms with Crippen molar-refractivity contribution in [3.63, 3.8) is 0 Å². The van der Waals surface area contributed by atoms with Gasteiger partial charge in [-0.3, -0.25) is 0 Å². The minimum Gasteiger partial charge on any atom is -0.329 e. The highest BCUT2D eigenvalue weighted by molar-refractivity contribution is 7.89. The molecule has 0 bridgehead atoms. The molecular formula is C17H27ClN2O2S. The van der Waals surface area contributed by atoms with Crippen LogP contribution in [0.1, 0.15) is 50.2 Å². The third kappa shape index (κ3) is 3.58. The molecule has 2 aliphatic rings. The van der Waals surface area contributed by atoms with E-state index in [9.17, 15) is 8.42 Å². The molecule has 0 radical (unpaired) electrons. The predicted octanol–water partition coefficient (Wildman–Crippen LogP) is 2.78. The van der Waals surface area contributed by atoms with E-state index in [1.807, 2.05) is 12.1 Å². The largest absolute Gasteiger partial charge is 0.329 e. The summed E-state index contributed by atoms with van der Waals surface area (Å²) in [5, 5.41) is 0. The number of sulfonamides is 1. The average Bonchev–Trinajstić information content (AvgIpc) is 2.97. The minimum atomic E-state index is -3.51. The molecule has 0 spiro atoms. The molecule has 3 N–H and O–H groups in total. The van der Waals surface area contributed by atoms with E-state index in [0.29, 0.717) is 11.4 Å². The van der Waals surface area contributed by atoms with Gasteiger partial charge in [-0.15, -0.1) is 12.4 Å². The molecule has 23 heavy (non-hydrogen) atoms. The lowest BCUT2D eigenvalue weighted by Gasteiger charge is -2.42. The summed E-state index contributed by atoms with van der Waals surface area (Å²) in [7, 11) is -3.51. The van der Waals surface area contributed by atoms with Crippen molar-refractivity contribution < 1.29 is 8.42 Å². The number of halogens is 1. The van der Waals surface area contributed by atoms with E-state index in [1.54, 1.807) is 6.07 Å². The number of benzene rings is 1. The van der Waals surface area contributed by atoms with Crippen LogP contribution >= 0.6 is 12.4 Å². The second-order valence-electron chi connectivity index (χ2n) is 6.90. The highest BCUT2D eigenvalue weighted by Gasteiger charge is 2.40. The lowest BCUT2D eigenvalue weighted by Crippen LogP contribution is -2.58. The highest BCUT2D eigenvalue weighted by Crippen LogP contribution is 2.34. The molecule has 6 heteroatoms. The number of nitrogens with two attached hydrogens (primary N) is 1. The van der Waals surface area contributed by atoms with Crippen LogP contribution in [-0.2, 0) is 22.9 Å². The van der Waals surface area contributed by atoms with Gasteiger partial charge in [0.2, 0.25) is 10.0 Å². The summed E-state index contributed by atoms with van der Waals surface area (Å²) < 4.78 is 28.6. The highest BCUT2D eigenvalue weighted by atomic mass is 35.5. The van der Waals surface area contributed by atoms with Crippen LogP contribution in [0.25, 0.3) is 0 Å². The quantitative estimate of drug-likeness (QED) is 0.869. The number of hydrogen-bond acceptors (Lipinski definition) is 3. The molecule has 2 unspecified atom stereocenters. The zero-order valence-electron chi connectivity index (χ0n) is 13.7. The normalized spacial score (nSPS) is 27.3. The maximum Gasteiger partial charge on any atom is 0.241 e. The van der Waals surface area contributed by atoms with Crippen LogP contribution in [0.2, 0.25) is 0 Å². The van der Waals surface area contributed by atoms with Crippen molar-refractivity contribution in [1.82, 2.24) is 4.72 Å². The summed E-state index contributed by atoms with van der Waals surface area (Å²) in [4.78, 5) is 0.388. The van der Waals surface area contributed by atoms with Crippen molar-refractivity contribution in [3.8, 4) is 0 Å². The molecule has 2 aliphatic carbocycles. The average molecular weight is 359 g/mol. The molecule has 0 heterocycles. The SMILES string of the molecule is CC1CCCCC1(CN)NS(=O)(=O)c1ccc2c(c1)CCC2.Cl. The van der Waals surface area contributed by atoms with Crippen molar-refractivity contribution in [1.29, 1.82) is 0 Å². The van der Waals surface area contributed by atoms with E-state index >= 15 is 0 Å². The fourth-order valence-electron chi connectivity index (χ4n) is 3.95. The van der Waals surface area contributed by atoms with Crippen LogP contribution in [0.15, 0.2) is 23.1 Å². The Kier molecular flexibility index (Phi) is 5.77. The van der Waals surface area contributed by atoms with Gasteiger partial charge in [0.25, 0.3) is 0 Å². The van der Waals surface area contributed by atoms with Crippen LogP contribution < -0.4 is 10.5 Å². The molecule has 0 aromatic heterocycles. The summed E-state index contributed by atoms with van der Waals surface area (Å²) in [5.41, 5.74) is 7.96. The van der Waals surface area contributed by atoms with Gasteiger partial charge in [-0.2, -0.15) is 0 Å². The molecule has 2 atom stereocenters. The molecular weight excluding hydrogens is 332 g/mol. The van der Waals surface area contributed by atoms with Crippen LogP contribution in [0, 0.1) is 5.92 Å². The van der Waals surface area contributed by atoms with Gasteiger partial charge in [0, 0.05) is 12.1 Å². The fraction of sp³-hybridized carbons (Fsp3) is 0.647. The molecule has 1 saturated carbocycles. The Hall–Kier alpha value is -0.620. The van der Waals surface area contributed by atoms with Crippen LogP contribution in [0.4, 0.5) is 0 Å². The van der Waals surface area contributed by atoms with E-state index < -0.39 is 15.6 Å². The first-order chi connectivity index (χ1) is 10.5. The van der Waals surface area contributed by atoms with Gasteiger partial charge in [-0.1, -0.05) is 25.8 Å². The van der Waals surface area contributed by atoms with Gasteiger partial charge in [-0.25, -0.2) is 13.1 Å². The van der Waals surface area contributed by atoms with E-state index in [1.165, 1.54) is 11.1 Å². The lowest BCUT2D eigenvalue weighted by atomic mass is 9.74. The number of rotatable bonds is 4. The maximum absolute atomic E-state index is 12.8. The fourth-order valence-corrected chi connectivity index (χ4v) is 5.54. The monoisotopic (exact) mass is 358 g/mol. The molecule has 3 rings (SSSR count). The van der Waals surface area contributed by atoms with Gasteiger partial charge in [-0.05, 0) is 61.3 Å². The van der Waals surface area contributed by atoms with Crippen molar-refractivity contribution in [2.75, 3.05) is 6.54 Å². The van der Waals surface area contributed by atoms with Crippen LogP contribution in [0.5, 0.6) is 0 Å². The molecule has 0 amide bonds. The molecule has 1 aromatic carbocycles. The second-order valence-corrected chi connectivity index (χ2v) is 8.58. The van der Waals surface area contributed by atoms with E-state index in [2.05, 4.69) is 11.6 Å². The first-order valence-corrected chi connectivity index (χ1v) is 9.81. The summed E-state index contributed by atoms with van der Waals surface area (Å²) in [6, 6.07) is 5.56. The Morgan fingerprint density at radius 2 is 1.96 bits per heavy atom. The summed E-state index contributed by atoms with van der Waals surface area (Å²) >= 11 is 0. The van der Waals surface area contributed by atoms with Crippen molar-refractivity contribution in [3.05, 3.63) is 29.3 Å². The predicted molar refractivity (Wildman–Crippen MR) is 95.5 cm³/mol. The molecule has 130 valence electrons. The van der Waals surface area contributed by atoms with Gasteiger partial charge < -0.3 is 5.73 Å². The number of aryl methyl sites for hydroxylation is 2. The Morgan fingerprint density at radius 1 is 1.22 bits per heavy atom. The van der Waals surface area contributed by atoms with Crippen molar-refractivity contribution in [2.45, 2.75) is 62.3 Å². The number of hydrogen-bond donors (Lipinski definition) is 2. The molecule has 4 nitrogen and oxygen atoms in total. The zero-order chi connectivity index (χ0) is 15.8. The standard InChI is InChI=1S/C17H26N2O2S.ClH/c1-13-5-2-3-10-17(13,12-18)19-22(20,21)16-9-8-14-6-4-7-15(14)11-16;/h8-9,11,13,19H,2-7,10,12,18H2,1H3;1H. The third-order valence-corrected chi connectivity index (χ3v) is 7.09. The minimum absolute atomic E-state index is 0. The van der Waals surface area contributed by atoms with Crippen molar-refractivity contribution >= 4 is 22.4 Å². The summed E-state index contributed by atoms with van der Waals surface area (Å²) in [6.45, 7) is 2.47. The smallest absolute Gasteiger partial charge is 0.241 e. The zero-order valence-corrected chi connectivity index (χ0v) is 15.3. The first-order valence-electron chi connectivity index (χ1n) is 8.33. The van der Waals surface area contributed by atoms with Gasteiger partial charge >= 0.3 is 0 Å². The van der Waals surface area contributed by atoms with Gasteiger partial charge in [0.15, 0.2) is 0 Å². The Morgan fingerprint density at radius 3 is 2.65 bits per heavy atom.